The van der Waals surface area contributed by atoms with Gasteiger partial charge in [-0.3, -0.25) is 14.5 Å². The van der Waals surface area contributed by atoms with Crippen LogP contribution in [0.15, 0.2) is 47.1 Å². The Bertz CT molecular complexity index is 870. The molecule has 4 rings (SSSR count). The summed E-state index contributed by atoms with van der Waals surface area (Å²) in [6.07, 6.45) is 6.19. The third-order valence-corrected chi connectivity index (χ3v) is 6.79. The van der Waals surface area contributed by atoms with Gasteiger partial charge in [0.25, 0.3) is 5.91 Å². The van der Waals surface area contributed by atoms with E-state index in [9.17, 15) is 9.59 Å². The predicted molar refractivity (Wildman–Crippen MR) is 120 cm³/mol. The number of carbonyl (C=O) groups excluding carboxylic acids is 2. The van der Waals surface area contributed by atoms with E-state index in [0.29, 0.717) is 49.2 Å². The number of benzene rings is 1. The molecule has 1 atom stereocenters. The van der Waals surface area contributed by atoms with Gasteiger partial charge in [-0.25, -0.2) is 0 Å². The summed E-state index contributed by atoms with van der Waals surface area (Å²) in [7, 11) is 1.85. The SMILES string of the molecule is CN(Cc1ccco1)C(=O)C(C1CCCC1)N1CCN(C(=O)c2ccc(Cl)cc2)CC1. The minimum atomic E-state index is -0.129. The van der Waals surface area contributed by atoms with Crippen LogP contribution < -0.4 is 0 Å². The van der Waals surface area contributed by atoms with E-state index in [1.807, 2.05) is 24.1 Å². The molecule has 1 aromatic carbocycles. The summed E-state index contributed by atoms with van der Waals surface area (Å²) in [5.74, 6) is 1.35. The second kappa shape index (κ2) is 9.88. The Morgan fingerprint density at radius 2 is 1.77 bits per heavy atom. The second-order valence-corrected chi connectivity index (χ2v) is 9.03. The summed E-state index contributed by atoms with van der Waals surface area (Å²) in [5, 5.41) is 0.623. The summed E-state index contributed by atoms with van der Waals surface area (Å²) >= 11 is 5.94. The molecule has 0 bridgehead atoms. The number of hydrogen-bond donors (Lipinski definition) is 0. The third-order valence-electron chi connectivity index (χ3n) is 6.53. The number of likely N-dealkylation sites (N-methyl/N-ethyl adjacent to an activating group) is 1. The average molecular weight is 444 g/mol. The fraction of sp³-hybridized carbons (Fsp3) is 0.500. The Hall–Kier alpha value is -2.31. The molecular formula is C24H30ClN3O3. The van der Waals surface area contributed by atoms with Crippen LogP contribution in [0.1, 0.15) is 41.8 Å². The molecule has 6 nitrogen and oxygen atoms in total. The normalized spacial score (nSPS) is 18.8. The highest BCUT2D eigenvalue weighted by atomic mass is 35.5. The Kier molecular flexibility index (Phi) is 6.98. The van der Waals surface area contributed by atoms with Crippen molar-refractivity contribution in [1.82, 2.24) is 14.7 Å². The first kappa shape index (κ1) is 21.9. The molecule has 2 aromatic rings. The maximum atomic E-state index is 13.5. The molecule has 166 valence electrons. The Morgan fingerprint density at radius 1 is 1.10 bits per heavy atom. The summed E-state index contributed by atoms with van der Waals surface area (Å²) in [5.41, 5.74) is 0.652. The first-order chi connectivity index (χ1) is 15.0. The number of halogens is 1. The van der Waals surface area contributed by atoms with Crippen molar-refractivity contribution >= 4 is 23.4 Å². The highest BCUT2D eigenvalue weighted by Gasteiger charge is 2.38. The van der Waals surface area contributed by atoms with Gasteiger partial charge >= 0.3 is 0 Å². The van der Waals surface area contributed by atoms with E-state index in [1.165, 1.54) is 12.8 Å². The number of nitrogens with zero attached hydrogens (tertiary/aromatic N) is 3. The summed E-state index contributed by atoms with van der Waals surface area (Å²) in [4.78, 5) is 32.3. The molecule has 0 spiro atoms. The van der Waals surface area contributed by atoms with Gasteiger partial charge in [0, 0.05) is 43.8 Å². The highest BCUT2D eigenvalue weighted by molar-refractivity contribution is 6.30. The summed E-state index contributed by atoms with van der Waals surface area (Å²) in [6.45, 7) is 3.14. The first-order valence-corrected chi connectivity index (χ1v) is 11.5. The van der Waals surface area contributed by atoms with Crippen LogP contribution in [0.4, 0.5) is 0 Å². The number of carbonyl (C=O) groups is 2. The number of rotatable bonds is 6. The molecule has 2 amide bonds. The topological polar surface area (TPSA) is 57.0 Å². The van der Waals surface area contributed by atoms with Gasteiger partial charge in [0.1, 0.15) is 5.76 Å². The molecule has 2 aliphatic rings. The minimum Gasteiger partial charge on any atom is -0.467 e. The van der Waals surface area contributed by atoms with Crippen molar-refractivity contribution < 1.29 is 14.0 Å². The summed E-state index contributed by atoms with van der Waals surface area (Å²) < 4.78 is 5.43. The average Bonchev–Trinajstić information content (AvgIpc) is 3.49. The maximum Gasteiger partial charge on any atom is 0.253 e. The van der Waals surface area contributed by atoms with E-state index in [0.717, 1.165) is 18.6 Å². The van der Waals surface area contributed by atoms with Crippen molar-refractivity contribution in [3.63, 3.8) is 0 Å². The fourth-order valence-electron chi connectivity index (χ4n) is 4.85. The predicted octanol–water partition coefficient (Wildman–Crippen LogP) is 3.91. The smallest absolute Gasteiger partial charge is 0.253 e. The molecule has 1 saturated carbocycles. The lowest BCUT2D eigenvalue weighted by atomic mass is 9.94. The zero-order valence-electron chi connectivity index (χ0n) is 18.0. The van der Waals surface area contributed by atoms with E-state index in [2.05, 4.69) is 4.90 Å². The van der Waals surface area contributed by atoms with Crippen LogP contribution in [0.25, 0.3) is 0 Å². The molecule has 1 saturated heterocycles. The van der Waals surface area contributed by atoms with Gasteiger partial charge in [0.15, 0.2) is 0 Å². The number of hydrogen-bond acceptors (Lipinski definition) is 4. The van der Waals surface area contributed by atoms with Gasteiger partial charge in [-0.1, -0.05) is 24.4 Å². The molecule has 1 aliphatic carbocycles. The van der Waals surface area contributed by atoms with E-state index >= 15 is 0 Å². The monoisotopic (exact) mass is 443 g/mol. The van der Waals surface area contributed by atoms with Crippen LogP contribution in [0.5, 0.6) is 0 Å². The van der Waals surface area contributed by atoms with Crippen LogP contribution >= 0.6 is 11.6 Å². The third kappa shape index (κ3) is 5.13. The highest BCUT2D eigenvalue weighted by Crippen LogP contribution is 2.32. The van der Waals surface area contributed by atoms with Gasteiger partial charge in [0.2, 0.25) is 5.91 Å². The van der Waals surface area contributed by atoms with Gasteiger partial charge in [-0.2, -0.15) is 0 Å². The van der Waals surface area contributed by atoms with Gasteiger partial charge in [-0.15, -0.1) is 0 Å². The van der Waals surface area contributed by atoms with Crippen molar-refractivity contribution in [2.24, 2.45) is 5.92 Å². The lowest BCUT2D eigenvalue weighted by Crippen LogP contribution is -2.58. The Morgan fingerprint density at radius 3 is 2.39 bits per heavy atom. The minimum absolute atomic E-state index is 0.0231. The van der Waals surface area contributed by atoms with E-state index in [1.54, 1.807) is 35.4 Å². The zero-order valence-corrected chi connectivity index (χ0v) is 18.8. The molecule has 7 heteroatoms. The van der Waals surface area contributed by atoms with Crippen LogP contribution in [0.3, 0.4) is 0 Å². The quantitative estimate of drug-likeness (QED) is 0.679. The van der Waals surface area contributed by atoms with Crippen LogP contribution in [0.2, 0.25) is 5.02 Å². The van der Waals surface area contributed by atoms with E-state index in [4.69, 9.17) is 16.0 Å². The summed E-state index contributed by atoms with van der Waals surface area (Å²) in [6, 6.07) is 10.6. The largest absolute Gasteiger partial charge is 0.467 e. The van der Waals surface area contributed by atoms with E-state index < -0.39 is 0 Å². The molecule has 31 heavy (non-hydrogen) atoms. The van der Waals surface area contributed by atoms with Crippen LogP contribution in [-0.4, -0.2) is 65.8 Å². The second-order valence-electron chi connectivity index (χ2n) is 8.60. The molecule has 1 aliphatic heterocycles. The van der Waals surface area contributed by atoms with Crippen LogP contribution in [0, 0.1) is 5.92 Å². The molecule has 2 fully saturated rings. The van der Waals surface area contributed by atoms with Crippen molar-refractivity contribution in [1.29, 1.82) is 0 Å². The Labute approximate surface area is 188 Å². The van der Waals surface area contributed by atoms with Crippen molar-refractivity contribution in [3.8, 4) is 0 Å². The van der Waals surface area contributed by atoms with Gasteiger partial charge in [-0.05, 0) is 55.2 Å². The van der Waals surface area contributed by atoms with Gasteiger partial charge < -0.3 is 14.2 Å². The lowest BCUT2D eigenvalue weighted by molar-refractivity contribution is -0.139. The first-order valence-electron chi connectivity index (χ1n) is 11.1. The molecule has 0 N–H and O–H groups in total. The molecule has 1 unspecified atom stereocenters. The van der Waals surface area contributed by atoms with Crippen LogP contribution in [-0.2, 0) is 11.3 Å². The van der Waals surface area contributed by atoms with Crippen molar-refractivity contribution in [2.45, 2.75) is 38.3 Å². The van der Waals surface area contributed by atoms with Gasteiger partial charge in [0.05, 0.1) is 18.8 Å². The fourth-order valence-corrected chi connectivity index (χ4v) is 4.97. The molecular weight excluding hydrogens is 414 g/mol. The molecule has 0 radical (unpaired) electrons. The number of amides is 2. The molecule has 2 heterocycles. The van der Waals surface area contributed by atoms with Crippen molar-refractivity contribution in [3.05, 3.63) is 59.0 Å². The lowest BCUT2D eigenvalue weighted by Gasteiger charge is -2.42. The number of piperazine rings is 1. The van der Waals surface area contributed by atoms with E-state index in [-0.39, 0.29) is 17.9 Å². The standard InChI is InChI=1S/C24H30ClN3O3/c1-26(17-21-7-4-16-31-21)24(30)22(18-5-2-3-6-18)27-12-14-28(15-13-27)23(29)19-8-10-20(25)11-9-19/h4,7-11,16,18,22H,2-3,5-6,12-15,17H2,1H3. The zero-order chi connectivity index (χ0) is 21.8. The number of furan rings is 1. The van der Waals surface area contributed by atoms with Crippen molar-refractivity contribution in [2.75, 3.05) is 33.2 Å². The maximum absolute atomic E-state index is 13.5. The Balaban J connectivity index is 1.41. The molecule has 1 aromatic heterocycles.